The van der Waals surface area contributed by atoms with Gasteiger partial charge in [-0.25, -0.2) is 9.78 Å². The Kier molecular flexibility index (Phi) is 9.10. The first-order valence-electron chi connectivity index (χ1n) is 12.5. The van der Waals surface area contributed by atoms with E-state index in [1.807, 2.05) is 18.2 Å². The number of nitrogens with zero attached hydrogens (tertiary/aromatic N) is 3. The molecular weight excluding hydrogens is 486 g/mol. The number of ether oxygens (including phenoxy) is 4. The maximum absolute atomic E-state index is 12.5. The summed E-state index contributed by atoms with van der Waals surface area (Å²) in [5, 5.41) is 5.62. The zero-order valence-electron chi connectivity index (χ0n) is 22.3. The van der Waals surface area contributed by atoms with Gasteiger partial charge in [-0.1, -0.05) is 0 Å². The van der Waals surface area contributed by atoms with Crippen LogP contribution in [0.15, 0.2) is 54.7 Å². The summed E-state index contributed by atoms with van der Waals surface area (Å²) in [4.78, 5) is 21.8. The third-order valence-corrected chi connectivity index (χ3v) is 6.34. The molecule has 1 aliphatic rings. The van der Waals surface area contributed by atoms with E-state index < -0.39 is 0 Å². The molecule has 1 fully saturated rings. The molecule has 3 aromatic rings. The van der Waals surface area contributed by atoms with Crippen molar-refractivity contribution in [3.05, 3.63) is 60.3 Å². The highest BCUT2D eigenvalue weighted by Gasteiger charge is 2.17. The molecule has 2 N–H and O–H groups in total. The average molecular weight is 522 g/mol. The SMILES string of the molecule is COc1cc(CN2CCCN(c3ccc(NC(=O)Nc4cc(OC)cc(OC)c4)cn3)CC2)cc(OC)c1. The number of carbonyl (C=O) groups excluding carboxylic acids is 1. The minimum Gasteiger partial charge on any atom is -0.497 e. The lowest BCUT2D eigenvalue weighted by Gasteiger charge is -2.23. The Labute approximate surface area is 223 Å². The van der Waals surface area contributed by atoms with Crippen molar-refractivity contribution >= 4 is 23.2 Å². The van der Waals surface area contributed by atoms with E-state index in [0.29, 0.717) is 22.9 Å². The molecular formula is C28H35N5O5. The number of aromatic nitrogens is 1. The van der Waals surface area contributed by atoms with Crippen LogP contribution in [0.5, 0.6) is 23.0 Å². The van der Waals surface area contributed by atoms with Gasteiger partial charge < -0.3 is 34.5 Å². The van der Waals surface area contributed by atoms with Crippen LogP contribution in [-0.4, -0.2) is 70.5 Å². The number of urea groups is 1. The number of nitrogens with one attached hydrogen (secondary N) is 2. The summed E-state index contributed by atoms with van der Waals surface area (Å²) in [6.45, 7) is 4.50. The number of hydrogen-bond acceptors (Lipinski definition) is 8. The molecule has 0 atom stereocenters. The summed E-state index contributed by atoms with van der Waals surface area (Å²) in [5.41, 5.74) is 2.32. The van der Waals surface area contributed by atoms with E-state index in [0.717, 1.165) is 62.0 Å². The lowest BCUT2D eigenvalue weighted by molar-refractivity contribution is 0.262. The first-order chi connectivity index (χ1) is 18.5. The Hall–Kier alpha value is -4.18. The summed E-state index contributed by atoms with van der Waals surface area (Å²) in [6.07, 6.45) is 2.70. The number of carbonyl (C=O) groups is 1. The Morgan fingerprint density at radius 3 is 1.95 bits per heavy atom. The van der Waals surface area contributed by atoms with Gasteiger partial charge in [0.25, 0.3) is 0 Å². The third kappa shape index (κ3) is 7.19. The van der Waals surface area contributed by atoms with E-state index in [4.69, 9.17) is 18.9 Å². The molecule has 0 spiro atoms. The zero-order valence-corrected chi connectivity index (χ0v) is 22.3. The van der Waals surface area contributed by atoms with Gasteiger partial charge in [0.2, 0.25) is 0 Å². The minimum absolute atomic E-state index is 0.380. The van der Waals surface area contributed by atoms with Crippen molar-refractivity contribution in [1.82, 2.24) is 9.88 Å². The van der Waals surface area contributed by atoms with E-state index in [1.165, 1.54) is 0 Å². The normalized spacial score (nSPS) is 13.8. The van der Waals surface area contributed by atoms with Crippen LogP contribution in [0.1, 0.15) is 12.0 Å². The predicted molar refractivity (Wildman–Crippen MR) is 148 cm³/mol. The highest BCUT2D eigenvalue weighted by atomic mass is 16.5. The average Bonchev–Trinajstić information content (AvgIpc) is 3.18. The van der Waals surface area contributed by atoms with Crippen LogP contribution >= 0.6 is 0 Å². The lowest BCUT2D eigenvalue weighted by atomic mass is 10.2. The number of rotatable bonds is 9. The molecule has 0 bridgehead atoms. The first kappa shape index (κ1) is 26.9. The predicted octanol–water partition coefficient (Wildman–Crippen LogP) is 4.47. The van der Waals surface area contributed by atoms with Crippen molar-refractivity contribution in [3.8, 4) is 23.0 Å². The van der Waals surface area contributed by atoms with Crippen LogP contribution in [0.2, 0.25) is 0 Å². The molecule has 0 radical (unpaired) electrons. The van der Waals surface area contributed by atoms with E-state index in [-0.39, 0.29) is 6.03 Å². The summed E-state index contributed by atoms with van der Waals surface area (Å²) < 4.78 is 21.3. The van der Waals surface area contributed by atoms with Crippen LogP contribution in [0.25, 0.3) is 0 Å². The fourth-order valence-electron chi connectivity index (χ4n) is 4.39. The number of pyridine rings is 1. The number of amides is 2. The van der Waals surface area contributed by atoms with Gasteiger partial charge in [-0.3, -0.25) is 4.90 Å². The fraction of sp³-hybridized carbons (Fsp3) is 0.357. The molecule has 0 aliphatic carbocycles. The number of hydrogen-bond donors (Lipinski definition) is 2. The third-order valence-electron chi connectivity index (χ3n) is 6.34. The number of benzene rings is 2. The lowest BCUT2D eigenvalue weighted by Crippen LogP contribution is -2.31. The van der Waals surface area contributed by atoms with E-state index >= 15 is 0 Å². The highest BCUT2D eigenvalue weighted by molar-refractivity contribution is 5.99. The van der Waals surface area contributed by atoms with Gasteiger partial charge in [-0.15, -0.1) is 0 Å². The molecule has 2 heterocycles. The summed E-state index contributed by atoms with van der Waals surface area (Å²) in [6, 6.07) is 14.6. The van der Waals surface area contributed by atoms with Crippen molar-refractivity contribution in [2.75, 3.05) is 70.2 Å². The van der Waals surface area contributed by atoms with E-state index in [9.17, 15) is 4.79 Å². The molecule has 1 saturated heterocycles. The van der Waals surface area contributed by atoms with Gasteiger partial charge in [-0.2, -0.15) is 0 Å². The maximum atomic E-state index is 12.5. The second-order valence-corrected chi connectivity index (χ2v) is 8.92. The van der Waals surface area contributed by atoms with Crippen molar-refractivity contribution in [2.24, 2.45) is 0 Å². The number of anilines is 3. The van der Waals surface area contributed by atoms with Crippen molar-refractivity contribution in [3.63, 3.8) is 0 Å². The topological polar surface area (TPSA) is 97.4 Å². The highest BCUT2D eigenvalue weighted by Crippen LogP contribution is 2.26. The molecule has 10 nitrogen and oxygen atoms in total. The molecule has 1 aromatic heterocycles. The first-order valence-corrected chi connectivity index (χ1v) is 12.5. The van der Waals surface area contributed by atoms with Gasteiger partial charge in [0.05, 0.1) is 40.3 Å². The molecule has 10 heteroatoms. The largest absolute Gasteiger partial charge is 0.497 e. The molecule has 4 rings (SSSR count). The molecule has 2 amide bonds. The van der Waals surface area contributed by atoms with E-state index in [1.54, 1.807) is 52.8 Å². The van der Waals surface area contributed by atoms with Gasteiger partial charge in [-0.05, 0) is 36.2 Å². The molecule has 2 aromatic carbocycles. The Morgan fingerprint density at radius 1 is 0.763 bits per heavy atom. The summed E-state index contributed by atoms with van der Waals surface area (Å²) >= 11 is 0. The van der Waals surface area contributed by atoms with Gasteiger partial charge in [0, 0.05) is 62.7 Å². The Balaban J connectivity index is 1.32. The van der Waals surface area contributed by atoms with Crippen LogP contribution < -0.4 is 34.5 Å². The van der Waals surface area contributed by atoms with Gasteiger partial charge in [0.1, 0.15) is 28.8 Å². The number of methoxy groups -OCH3 is 4. The molecule has 1 aliphatic heterocycles. The second-order valence-electron chi connectivity index (χ2n) is 8.92. The summed E-state index contributed by atoms with van der Waals surface area (Å²) in [5.74, 6) is 3.66. The molecule has 0 saturated carbocycles. The molecule has 0 unspecified atom stereocenters. The second kappa shape index (κ2) is 12.9. The van der Waals surface area contributed by atoms with Crippen molar-refractivity contribution < 1.29 is 23.7 Å². The molecule has 38 heavy (non-hydrogen) atoms. The van der Waals surface area contributed by atoms with Crippen LogP contribution in [0.4, 0.5) is 22.0 Å². The minimum atomic E-state index is -0.380. The van der Waals surface area contributed by atoms with Crippen LogP contribution in [0.3, 0.4) is 0 Å². The van der Waals surface area contributed by atoms with Gasteiger partial charge in [0.15, 0.2) is 0 Å². The Bertz CT molecular complexity index is 1180. The molecule has 202 valence electrons. The smallest absolute Gasteiger partial charge is 0.323 e. The van der Waals surface area contributed by atoms with Crippen LogP contribution in [-0.2, 0) is 6.54 Å². The van der Waals surface area contributed by atoms with Gasteiger partial charge >= 0.3 is 6.03 Å². The van der Waals surface area contributed by atoms with Crippen molar-refractivity contribution in [2.45, 2.75) is 13.0 Å². The Morgan fingerprint density at radius 2 is 1.37 bits per heavy atom. The van der Waals surface area contributed by atoms with Crippen LogP contribution in [0, 0.1) is 0 Å². The standard InChI is InChI=1S/C28H35N5O5/c1-35-23-12-20(13-24(16-23)36-2)19-32-8-5-9-33(11-10-32)27-7-6-21(18-29-27)30-28(34)31-22-14-25(37-3)17-26(15-22)38-4/h6-7,12-18H,5,8-11,19H2,1-4H3,(H2,30,31,34). The zero-order chi connectivity index (χ0) is 26.9. The summed E-state index contributed by atoms with van der Waals surface area (Å²) in [7, 11) is 6.46. The van der Waals surface area contributed by atoms with Crippen molar-refractivity contribution in [1.29, 1.82) is 0 Å². The monoisotopic (exact) mass is 521 g/mol. The van der Waals surface area contributed by atoms with E-state index in [2.05, 4.69) is 37.6 Å². The quantitative estimate of drug-likeness (QED) is 0.426. The maximum Gasteiger partial charge on any atom is 0.323 e. The fourth-order valence-corrected chi connectivity index (χ4v) is 4.39.